The predicted octanol–water partition coefficient (Wildman–Crippen LogP) is 5.20. The fourth-order valence-electron chi connectivity index (χ4n) is 3.73. The highest BCUT2D eigenvalue weighted by atomic mass is 32.2. The van der Waals surface area contributed by atoms with E-state index in [0.29, 0.717) is 0 Å². The van der Waals surface area contributed by atoms with Gasteiger partial charge in [0.25, 0.3) is 0 Å². The Kier molecular flexibility index (Phi) is 8.56. The maximum absolute atomic E-state index is 3.66. The van der Waals surface area contributed by atoms with Crippen LogP contribution in [-0.2, 0) is 6.54 Å². The molecular weight excluding hydrogens is 336 g/mol. The van der Waals surface area contributed by atoms with Crippen molar-refractivity contribution in [3.05, 3.63) is 66.2 Å². The van der Waals surface area contributed by atoms with E-state index in [4.69, 9.17) is 0 Å². The zero-order valence-corrected chi connectivity index (χ0v) is 16.6. The lowest BCUT2D eigenvalue weighted by molar-refractivity contribution is 0.190. The van der Waals surface area contributed by atoms with Crippen LogP contribution in [0.1, 0.15) is 37.7 Å². The molecule has 140 valence electrons. The van der Waals surface area contributed by atoms with E-state index < -0.39 is 0 Å². The first-order valence-corrected chi connectivity index (χ1v) is 11.1. The SMILES string of the molecule is c1ccc(CN(CCNCCCSc2ccccc2)C2CCCC2)cc1. The third kappa shape index (κ3) is 6.79. The molecule has 1 aliphatic rings. The molecule has 0 amide bonds. The highest BCUT2D eigenvalue weighted by molar-refractivity contribution is 7.99. The molecule has 2 aromatic carbocycles. The Morgan fingerprint density at radius 2 is 1.58 bits per heavy atom. The number of thioether (sulfide) groups is 1. The van der Waals surface area contributed by atoms with Gasteiger partial charge in [-0.1, -0.05) is 61.4 Å². The van der Waals surface area contributed by atoms with Gasteiger partial charge in [0.15, 0.2) is 0 Å². The Balaban J connectivity index is 1.33. The molecule has 1 fully saturated rings. The van der Waals surface area contributed by atoms with Gasteiger partial charge in [0.2, 0.25) is 0 Å². The minimum Gasteiger partial charge on any atom is -0.315 e. The average molecular weight is 369 g/mol. The molecular formula is C23H32N2S. The van der Waals surface area contributed by atoms with Crippen molar-refractivity contribution in [1.29, 1.82) is 0 Å². The van der Waals surface area contributed by atoms with Crippen LogP contribution in [0.5, 0.6) is 0 Å². The Bertz CT molecular complexity index is 596. The van der Waals surface area contributed by atoms with Crippen LogP contribution in [0.25, 0.3) is 0 Å². The Morgan fingerprint density at radius 1 is 0.885 bits per heavy atom. The van der Waals surface area contributed by atoms with Crippen molar-refractivity contribution in [3.8, 4) is 0 Å². The zero-order chi connectivity index (χ0) is 17.9. The molecule has 1 saturated carbocycles. The Labute approximate surface area is 163 Å². The molecule has 0 aliphatic heterocycles. The normalized spacial score (nSPS) is 15.0. The van der Waals surface area contributed by atoms with Crippen LogP contribution in [0, 0.1) is 0 Å². The van der Waals surface area contributed by atoms with E-state index in [1.54, 1.807) is 0 Å². The van der Waals surface area contributed by atoms with Crippen LogP contribution in [-0.4, -0.2) is 36.3 Å². The second kappa shape index (κ2) is 11.4. The Hall–Kier alpha value is -1.29. The van der Waals surface area contributed by atoms with Gasteiger partial charge in [0.05, 0.1) is 0 Å². The van der Waals surface area contributed by atoms with Crippen LogP contribution in [0.2, 0.25) is 0 Å². The highest BCUT2D eigenvalue weighted by Gasteiger charge is 2.22. The van der Waals surface area contributed by atoms with E-state index in [1.165, 1.54) is 48.3 Å². The summed E-state index contributed by atoms with van der Waals surface area (Å²) in [4.78, 5) is 4.08. The van der Waals surface area contributed by atoms with Crippen molar-refractivity contribution in [3.63, 3.8) is 0 Å². The van der Waals surface area contributed by atoms with Crippen LogP contribution in [0.4, 0.5) is 0 Å². The summed E-state index contributed by atoms with van der Waals surface area (Å²) in [5, 5.41) is 3.66. The van der Waals surface area contributed by atoms with Gasteiger partial charge in [0.1, 0.15) is 0 Å². The first kappa shape index (κ1) is 19.5. The molecule has 0 bridgehead atoms. The summed E-state index contributed by atoms with van der Waals surface area (Å²) in [6.45, 7) is 4.46. The van der Waals surface area contributed by atoms with Gasteiger partial charge < -0.3 is 5.32 Å². The minimum absolute atomic E-state index is 0.783. The van der Waals surface area contributed by atoms with E-state index >= 15 is 0 Å². The molecule has 3 rings (SSSR count). The summed E-state index contributed by atoms with van der Waals surface area (Å²) < 4.78 is 0. The number of nitrogens with zero attached hydrogens (tertiary/aromatic N) is 1. The lowest BCUT2D eigenvalue weighted by Gasteiger charge is -2.29. The number of benzene rings is 2. The summed E-state index contributed by atoms with van der Waals surface area (Å²) in [5.41, 5.74) is 1.44. The molecule has 0 heterocycles. The number of hydrogen-bond acceptors (Lipinski definition) is 3. The molecule has 0 radical (unpaired) electrons. The highest BCUT2D eigenvalue weighted by Crippen LogP contribution is 2.24. The minimum atomic E-state index is 0.783. The lowest BCUT2D eigenvalue weighted by Crippen LogP contribution is -2.38. The molecule has 0 saturated heterocycles. The van der Waals surface area contributed by atoms with Crippen molar-refractivity contribution in [2.24, 2.45) is 0 Å². The van der Waals surface area contributed by atoms with Crippen molar-refractivity contribution in [2.45, 2.75) is 49.6 Å². The average Bonchev–Trinajstić information content (AvgIpc) is 3.23. The van der Waals surface area contributed by atoms with Crippen LogP contribution in [0.15, 0.2) is 65.6 Å². The van der Waals surface area contributed by atoms with Crippen molar-refractivity contribution in [1.82, 2.24) is 10.2 Å². The van der Waals surface area contributed by atoms with E-state index in [1.807, 2.05) is 11.8 Å². The van der Waals surface area contributed by atoms with E-state index in [0.717, 1.165) is 32.2 Å². The molecule has 0 aromatic heterocycles. The third-order valence-electron chi connectivity index (χ3n) is 5.16. The van der Waals surface area contributed by atoms with Gasteiger partial charge in [-0.25, -0.2) is 0 Å². The summed E-state index contributed by atoms with van der Waals surface area (Å²) in [6, 6.07) is 22.4. The van der Waals surface area contributed by atoms with Crippen molar-refractivity contribution < 1.29 is 0 Å². The summed E-state index contributed by atoms with van der Waals surface area (Å²) in [5.74, 6) is 1.19. The molecule has 3 heteroatoms. The molecule has 1 N–H and O–H groups in total. The van der Waals surface area contributed by atoms with E-state index in [-0.39, 0.29) is 0 Å². The number of nitrogens with one attached hydrogen (secondary N) is 1. The summed E-state index contributed by atoms with van der Waals surface area (Å²) >= 11 is 1.96. The third-order valence-corrected chi connectivity index (χ3v) is 6.25. The standard InChI is InChI=1S/C23H32N2S/c1-3-10-21(11-4-1)20-25(22-12-7-8-13-22)18-17-24-16-9-19-26-23-14-5-2-6-15-23/h1-6,10-11,14-15,22,24H,7-9,12-13,16-20H2. The van der Waals surface area contributed by atoms with Gasteiger partial charge in [0, 0.05) is 30.6 Å². The molecule has 0 atom stereocenters. The molecule has 2 nitrogen and oxygen atoms in total. The van der Waals surface area contributed by atoms with Gasteiger partial charge in [-0.05, 0) is 49.3 Å². The lowest BCUT2D eigenvalue weighted by atomic mass is 10.1. The maximum atomic E-state index is 3.66. The first-order chi connectivity index (χ1) is 12.9. The smallest absolute Gasteiger partial charge is 0.0237 e. The van der Waals surface area contributed by atoms with Gasteiger partial charge in [-0.3, -0.25) is 4.90 Å². The summed E-state index contributed by atoms with van der Waals surface area (Å²) in [6.07, 6.45) is 6.78. The topological polar surface area (TPSA) is 15.3 Å². The summed E-state index contributed by atoms with van der Waals surface area (Å²) in [7, 11) is 0. The van der Waals surface area contributed by atoms with Gasteiger partial charge >= 0.3 is 0 Å². The van der Waals surface area contributed by atoms with Crippen LogP contribution >= 0.6 is 11.8 Å². The molecule has 0 unspecified atom stereocenters. The molecule has 2 aromatic rings. The van der Waals surface area contributed by atoms with E-state index in [2.05, 4.69) is 70.9 Å². The monoisotopic (exact) mass is 368 g/mol. The number of hydrogen-bond donors (Lipinski definition) is 1. The van der Waals surface area contributed by atoms with Crippen LogP contribution in [0.3, 0.4) is 0 Å². The number of rotatable bonds is 11. The zero-order valence-electron chi connectivity index (χ0n) is 15.8. The fourth-order valence-corrected chi connectivity index (χ4v) is 4.60. The second-order valence-corrected chi connectivity index (χ2v) is 8.33. The Morgan fingerprint density at radius 3 is 2.31 bits per heavy atom. The predicted molar refractivity (Wildman–Crippen MR) is 114 cm³/mol. The molecule has 0 spiro atoms. The molecule has 26 heavy (non-hydrogen) atoms. The van der Waals surface area contributed by atoms with Crippen molar-refractivity contribution >= 4 is 11.8 Å². The fraction of sp³-hybridized carbons (Fsp3) is 0.478. The van der Waals surface area contributed by atoms with Gasteiger partial charge in [-0.2, -0.15) is 0 Å². The quantitative estimate of drug-likeness (QED) is 0.433. The van der Waals surface area contributed by atoms with Crippen LogP contribution < -0.4 is 5.32 Å². The largest absolute Gasteiger partial charge is 0.315 e. The van der Waals surface area contributed by atoms with Crippen molar-refractivity contribution in [2.75, 3.05) is 25.4 Å². The first-order valence-electron chi connectivity index (χ1n) is 10.1. The molecule has 1 aliphatic carbocycles. The van der Waals surface area contributed by atoms with Gasteiger partial charge in [-0.15, -0.1) is 11.8 Å². The maximum Gasteiger partial charge on any atom is 0.0237 e. The van der Waals surface area contributed by atoms with E-state index in [9.17, 15) is 0 Å². The second-order valence-electron chi connectivity index (χ2n) is 7.16.